The standard InChI is InChI=1S/C13H18N4O3/c18-5-4-17-12(8-10-9-14-3-7-19-10)15-13(16-17)11-2-1-6-20-11/h1-2,6,10,14,18H,3-5,7-9H2. The molecule has 2 aromatic heterocycles. The van der Waals surface area contributed by atoms with Gasteiger partial charge in [0.05, 0.1) is 32.1 Å². The summed E-state index contributed by atoms with van der Waals surface area (Å²) in [6, 6.07) is 3.62. The average molecular weight is 278 g/mol. The lowest BCUT2D eigenvalue weighted by molar-refractivity contribution is 0.0272. The molecule has 0 radical (unpaired) electrons. The van der Waals surface area contributed by atoms with Crippen LogP contribution in [0.3, 0.4) is 0 Å². The van der Waals surface area contributed by atoms with Gasteiger partial charge in [0.1, 0.15) is 5.82 Å². The first-order valence-electron chi connectivity index (χ1n) is 6.77. The molecule has 0 saturated carbocycles. The summed E-state index contributed by atoms with van der Waals surface area (Å²) in [5.41, 5.74) is 0. The molecule has 0 aliphatic carbocycles. The van der Waals surface area contributed by atoms with Crippen LogP contribution >= 0.6 is 0 Å². The van der Waals surface area contributed by atoms with Crippen LogP contribution in [0.1, 0.15) is 5.82 Å². The molecule has 1 fully saturated rings. The lowest BCUT2D eigenvalue weighted by Gasteiger charge is -2.23. The molecule has 0 amide bonds. The zero-order chi connectivity index (χ0) is 13.8. The van der Waals surface area contributed by atoms with E-state index in [0.29, 0.717) is 31.2 Å². The summed E-state index contributed by atoms with van der Waals surface area (Å²) in [6.07, 6.45) is 2.35. The Labute approximate surface area is 116 Å². The van der Waals surface area contributed by atoms with Gasteiger partial charge in [-0.05, 0) is 12.1 Å². The van der Waals surface area contributed by atoms with Crippen LogP contribution in [-0.4, -0.2) is 52.3 Å². The highest BCUT2D eigenvalue weighted by atomic mass is 16.5. The van der Waals surface area contributed by atoms with Crippen LogP contribution in [0.4, 0.5) is 0 Å². The van der Waals surface area contributed by atoms with Gasteiger partial charge in [0.2, 0.25) is 5.82 Å². The molecule has 1 aliphatic rings. The Balaban J connectivity index is 1.80. The van der Waals surface area contributed by atoms with Gasteiger partial charge in [-0.3, -0.25) is 0 Å². The van der Waals surface area contributed by atoms with Gasteiger partial charge in [0.25, 0.3) is 0 Å². The van der Waals surface area contributed by atoms with E-state index in [4.69, 9.17) is 14.3 Å². The third kappa shape index (κ3) is 2.90. The van der Waals surface area contributed by atoms with Crippen LogP contribution in [0.25, 0.3) is 11.6 Å². The lowest BCUT2D eigenvalue weighted by atomic mass is 10.2. The number of hydrogen-bond acceptors (Lipinski definition) is 6. The summed E-state index contributed by atoms with van der Waals surface area (Å²) in [7, 11) is 0. The molecule has 0 bridgehead atoms. The topological polar surface area (TPSA) is 85.3 Å². The number of aliphatic hydroxyl groups excluding tert-OH is 1. The maximum atomic E-state index is 9.13. The number of nitrogens with one attached hydrogen (secondary N) is 1. The molecule has 108 valence electrons. The van der Waals surface area contributed by atoms with E-state index in [1.54, 1.807) is 17.0 Å². The third-order valence-electron chi connectivity index (χ3n) is 3.22. The summed E-state index contributed by atoms with van der Waals surface area (Å²) < 4.78 is 12.7. The third-order valence-corrected chi connectivity index (χ3v) is 3.22. The van der Waals surface area contributed by atoms with Crippen molar-refractivity contribution in [3.05, 3.63) is 24.2 Å². The van der Waals surface area contributed by atoms with E-state index in [9.17, 15) is 0 Å². The van der Waals surface area contributed by atoms with Crippen molar-refractivity contribution < 1.29 is 14.3 Å². The Morgan fingerprint density at radius 2 is 2.45 bits per heavy atom. The van der Waals surface area contributed by atoms with Crippen LogP contribution in [0, 0.1) is 0 Å². The molecule has 1 unspecified atom stereocenters. The summed E-state index contributed by atoms with van der Waals surface area (Å²) >= 11 is 0. The molecular formula is C13H18N4O3. The van der Waals surface area contributed by atoms with Gasteiger partial charge in [-0.1, -0.05) is 0 Å². The molecule has 7 heteroatoms. The summed E-state index contributed by atoms with van der Waals surface area (Å²) in [4.78, 5) is 4.50. The summed E-state index contributed by atoms with van der Waals surface area (Å²) in [6.45, 7) is 2.85. The Bertz CT molecular complexity index is 532. The van der Waals surface area contributed by atoms with Crippen LogP contribution in [0.2, 0.25) is 0 Å². The molecule has 1 aliphatic heterocycles. The van der Waals surface area contributed by atoms with E-state index in [1.807, 2.05) is 6.07 Å². The van der Waals surface area contributed by atoms with Crippen molar-refractivity contribution in [2.75, 3.05) is 26.3 Å². The molecule has 7 nitrogen and oxygen atoms in total. The predicted molar refractivity (Wildman–Crippen MR) is 71.1 cm³/mol. The molecule has 0 spiro atoms. The maximum Gasteiger partial charge on any atom is 0.217 e. The second-order valence-corrected chi connectivity index (χ2v) is 4.68. The predicted octanol–water partition coefficient (Wildman–Crippen LogP) is 0.0613. The van der Waals surface area contributed by atoms with E-state index in [1.165, 1.54) is 0 Å². The maximum absolute atomic E-state index is 9.13. The minimum Gasteiger partial charge on any atom is -0.461 e. The van der Waals surface area contributed by atoms with E-state index < -0.39 is 0 Å². The van der Waals surface area contributed by atoms with Gasteiger partial charge in [-0.2, -0.15) is 0 Å². The van der Waals surface area contributed by atoms with E-state index in [0.717, 1.165) is 18.9 Å². The molecular weight excluding hydrogens is 260 g/mol. The second-order valence-electron chi connectivity index (χ2n) is 4.68. The van der Waals surface area contributed by atoms with Crippen molar-refractivity contribution >= 4 is 0 Å². The van der Waals surface area contributed by atoms with Crippen molar-refractivity contribution in [1.82, 2.24) is 20.1 Å². The summed E-state index contributed by atoms with van der Waals surface area (Å²) in [5, 5.41) is 16.8. The fourth-order valence-electron chi connectivity index (χ4n) is 2.26. The molecule has 1 saturated heterocycles. The quantitative estimate of drug-likeness (QED) is 0.804. The molecule has 20 heavy (non-hydrogen) atoms. The fourth-order valence-corrected chi connectivity index (χ4v) is 2.26. The zero-order valence-corrected chi connectivity index (χ0v) is 11.2. The molecule has 3 rings (SSSR count). The SMILES string of the molecule is OCCn1nc(-c2ccco2)nc1CC1CNCCO1. The van der Waals surface area contributed by atoms with E-state index in [2.05, 4.69) is 15.4 Å². The monoisotopic (exact) mass is 278 g/mol. The second kappa shape index (κ2) is 6.17. The highest BCUT2D eigenvalue weighted by Gasteiger charge is 2.19. The van der Waals surface area contributed by atoms with Gasteiger partial charge in [-0.15, -0.1) is 5.10 Å². The first kappa shape index (κ1) is 13.3. The largest absolute Gasteiger partial charge is 0.461 e. The molecule has 0 aromatic carbocycles. The lowest BCUT2D eigenvalue weighted by Crippen LogP contribution is -2.40. The first-order chi connectivity index (χ1) is 9.86. The van der Waals surface area contributed by atoms with Crippen LogP contribution in [-0.2, 0) is 17.7 Å². The van der Waals surface area contributed by atoms with Crippen LogP contribution in [0.15, 0.2) is 22.8 Å². The number of hydrogen-bond donors (Lipinski definition) is 2. The van der Waals surface area contributed by atoms with E-state index in [-0.39, 0.29) is 12.7 Å². The van der Waals surface area contributed by atoms with Crippen molar-refractivity contribution in [2.45, 2.75) is 19.1 Å². The van der Waals surface area contributed by atoms with Crippen molar-refractivity contribution in [1.29, 1.82) is 0 Å². The minimum atomic E-state index is 0.0255. The average Bonchev–Trinajstić information content (AvgIpc) is 3.11. The van der Waals surface area contributed by atoms with Gasteiger partial charge in [0, 0.05) is 19.5 Å². The number of furan rings is 1. The van der Waals surface area contributed by atoms with Gasteiger partial charge in [-0.25, -0.2) is 9.67 Å². The highest BCUT2D eigenvalue weighted by Crippen LogP contribution is 2.17. The highest BCUT2D eigenvalue weighted by molar-refractivity contribution is 5.45. The molecule has 3 heterocycles. The number of aliphatic hydroxyl groups is 1. The minimum absolute atomic E-state index is 0.0255. The molecule has 2 aromatic rings. The van der Waals surface area contributed by atoms with E-state index >= 15 is 0 Å². The Hall–Kier alpha value is -1.70. The molecule has 1 atom stereocenters. The Kier molecular flexibility index (Phi) is 4.10. The molecule has 2 N–H and O–H groups in total. The van der Waals surface area contributed by atoms with Crippen molar-refractivity contribution in [3.8, 4) is 11.6 Å². The number of ether oxygens (including phenoxy) is 1. The number of nitrogens with zero attached hydrogens (tertiary/aromatic N) is 3. The fraction of sp³-hybridized carbons (Fsp3) is 0.538. The summed E-state index contributed by atoms with van der Waals surface area (Å²) in [5.74, 6) is 1.98. The van der Waals surface area contributed by atoms with Crippen molar-refractivity contribution in [3.63, 3.8) is 0 Å². The van der Waals surface area contributed by atoms with Crippen molar-refractivity contribution in [2.24, 2.45) is 0 Å². The zero-order valence-electron chi connectivity index (χ0n) is 11.2. The normalized spacial score (nSPS) is 19.4. The smallest absolute Gasteiger partial charge is 0.217 e. The van der Waals surface area contributed by atoms with Crippen LogP contribution < -0.4 is 5.32 Å². The number of rotatable bonds is 5. The van der Waals surface area contributed by atoms with Gasteiger partial charge < -0.3 is 19.6 Å². The van der Waals surface area contributed by atoms with Crippen LogP contribution in [0.5, 0.6) is 0 Å². The van der Waals surface area contributed by atoms with Gasteiger partial charge in [0.15, 0.2) is 5.76 Å². The first-order valence-corrected chi connectivity index (χ1v) is 6.77. The Morgan fingerprint density at radius 3 is 3.15 bits per heavy atom. The van der Waals surface area contributed by atoms with Gasteiger partial charge >= 0.3 is 0 Å². The number of aromatic nitrogens is 3. The number of morpholine rings is 1. The Morgan fingerprint density at radius 1 is 1.50 bits per heavy atom.